The first kappa shape index (κ1) is 37.0. The molecule has 4 rings (SSSR count). The topological polar surface area (TPSA) is 22.3 Å². The first-order chi connectivity index (χ1) is 17.5. The van der Waals surface area contributed by atoms with Crippen molar-refractivity contribution in [2.45, 2.75) is 130 Å². The van der Waals surface area contributed by atoms with E-state index in [1.54, 1.807) is 0 Å². The van der Waals surface area contributed by atoms with Crippen molar-refractivity contribution in [2.24, 2.45) is 5.92 Å². The average molecular weight is 627 g/mol. The van der Waals surface area contributed by atoms with Crippen LogP contribution in [0.15, 0.2) is 36.4 Å². The molecule has 1 fully saturated rings. The van der Waals surface area contributed by atoms with Crippen molar-refractivity contribution >= 4 is 25.7 Å². The summed E-state index contributed by atoms with van der Waals surface area (Å²) in [6, 6.07) is 14.0. The summed E-state index contributed by atoms with van der Waals surface area (Å²) in [4.78, 5) is 0. The van der Waals surface area contributed by atoms with Crippen molar-refractivity contribution in [1.82, 2.24) is 0 Å². The van der Waals surface area contributed by atoms with Crippen LogP contribution in [0.3, 0.4) is 0 Å². The fraction of sp³-hybridized carbons (Fsp3) is 0.618. The molecule has 0 spiro atoms. The Bertz CT molecular complexity index is 1030. The third kappa shape index (κ3) is 8.74. The Labute approximate surface area is 259 Å². The minimum absolute atomic E-state index is 0. The van der Waals surface area contributed by atoms with Crippen LogP contribution in [-0.2, 0) is 27.9 Å². The molecular formula is C34H54Cl2NPTi-2. The second-order valence-corrected chi connectivity index (χ2v) is 20.7. The van der Waals surface area contributed by atoms with Crippen LogP contribution in [0.5, 0.6) is 0 Å². The van der Waals surface area contributed by atoms with Gasteiger partial charge in [0.05, 0.1) is 0 Å². The van der Waals surface area contributed by atoms with E-state index in [0.29, 0.717) is 0 Å². The first-order valence-electron chi connectivity index (χ1n) is 14.4. The maximum absolute atomic E-state index is 12.3. The molecule has 220 valence electrons. The standard InChI is InChI=1S/C27H39NP.C6H12.CH3.2ClH.Ti/c1-17(2)29(28,18(3)4)25-23-15-19(26(5,6)7)11-13-21(23)22-14-12-20(16-24(22)25)27(8,9)10;1-6-4-2-3-5-6;;;;/h11-18,25H,1-10H3;6H,2-5H2,1H3;1H3;2*1H;/q-1;;-1;;;+2/p-2. The number of fused-ring (bicyclic) bond motifs is 3. The normalized spacial score (nSPS) is 15.6. The predicted octanol–water partition coefficient (Wildman–Crippen LogP) is 13.0. The van der Waals surface area contributed by atoms with Gasteiger partial charge in [0.15, 0.2) is 0 Å². The Balaban J connectivity index is 0.000000651. The van der Waals surface area contributed by atoms with Crippen molar-refractivity contribution in [2.75, 3.05) is 0 Å². The van der Waals surface area contributed by atoms with Crippen LogP contribution in [-0.4, -0.2) is 11.3 Å². The molecule has 0 amide bonds. The van der Waals surface area contributed by atoms with Crippen molar-refractivity contribution < 1.29 is 17.0 Å². The third-order valence-electron chi connectivity index (χ3n) is 8.43. The van der Waals surface area contributed by atoms with E-state index in [4.69, 9.17) is 18.6 Å². The molecule has 1 nitrogen and oxygen atoms in total. The quantitative estimate of drug-likeness (QED) is 0.184. The zero-order valence-electron chi connectivity index (χ0n) is 26.8. The molecule has 0 unspecified atom stereocenters. The molecule has 2 aliphatic rings. The number of hydrogen-bond donors (Lipinski definition) is 0. The SMILES string of the molecule is CC(C)P(=[N-])(C(C)C)C1c2cc(C(C)(C)C)ccc2-c2ccc(C(C)(C)C)cc21.CC1CCCC1.[CH3-].[Cl][Ti][Cl]. The van der Waals surface area contributed by atoms with Gasteiger partial charge in [-0.1, -0.05) is 138 Å². The minimum atomic E-state index is -2.27. The summed E-state index contributed by atoms with van der Waals surface area (Å²) in [7, 11) is 7.51. The molecule has 0 bridgehead atoms. The zero-order chi connectivity index (χ0) is 29.1. The molecule has 0 saturated heterocycles. The van der Waals surface area contributed by atoms with E-state index in [1.807, 2.05) is 0 Å². The number of rotatable bonds is 3. The fourth-order valence-corrected chi connectivity index (χ4v) is 9.64. The van der Waals surface area contributed by atoms with Gasteiger partial charge in [0.1, 0.15) is 0 Å². The van der Waals surface area contributed by atoms with Gasteiger partial charge in [-0.2, -0.15) is 0 Å². The van der Waals surface area contributed by atoms with Gasteiger partial charge in [0.2, 0.25) is 0 Å². The van der Waals surface area contributed by atoms with E-state index in [9.17, 15) is 5.16 Å². The van der Waals surface area contributed by atoms with Crippen LogP contribution in [0, 0.1) is 13.3 Å². The molecule has 0 radical (unpaired) electrons. The van der Waals surface area contributed by atoms with E-state index in [2.05, 4.69) is 113 Å². The molecule has 0 N–H and O–H groups in total. The molecular weight excluding hydrogens is 572 g/mol. The van der Waals surface area contributed by atoms with E-state index in [-0.39, 0.29) is 35.2 Å². The van der Waals surface area contributed by atoms with Crippen LogP contribution in [0.1, 0.15) is 130 Å². The fourth-order valence-electron chi connectivity index (χ4n) is 5.94. The van der Waals surface area contributed by atoms with E-state index >= 15 is 0 Å². The van der Waals surface area contributed by atoms with Crippen LogP contribution < -0.4 is 0 Å². The Kier molecular flexibility index (Phi) is 14.2. The molecule has 0 heterocycles. The summed E-state index contributed by atoms with van der Waals surface area (Å²) >= 11 is -0.556. The van der Waals surface area contributed by atoms with Gasteiger partial charge in [-0.3, -0.25) is 0 Å². The number of benzene rings is 2. The molecule has 0 atom stereocenters. The van der Waals surface area contributed by atoms with Gasteiger partial charge in [-0.05, 0) is 61.4 Å². The summed E-state index contributed by atoms with van der Waals surface area (Å²) in [6.45, 7) is 24.8. The second kappa shape index (κ2) is 14.9. The van der Waals surface area contributed by atoms with Crippen LogP contribution in [0.4, 0.5) is 0 Å². The average Bonchev–Trinajstić information content (AvgIpc) is 3.41. The van der Waals surface area contributed by atoms with Gasteiger partial charge < -0.3 is 12.6 Å². The van der Waals surface area contributed by atoms with E-state index in [1.165, 1.54) is 59.1 Å². The Morgan fingerprint density at radius 3 is 1.33 bits per heavy atom. The van der Waals surface area contributed by atoms with Gasteiger partial charge >= 0.3 is 35.6 Å². The molecule has 1 saturated carbocycles. The second-order valence-electron chi connectivity index (χ2n) is 13.9. The van der Waals surface area contributed by atoms with Crippen LogP contribution in [0.25, 0.3) is 16.3 Å². The van der Waals surface area contributed by atoms with Crippen molar-refractivity contribution in [3.63, 3.8) is 0 Å². The Hall–Kier alpha value is -0.0357. The Morgan fingerprint density at radius 1 is 0.769 bits per heavy atom. The van der Waals surface area contributed by atoms with Gasteiger partial charge in [0.25, 0.3) is 0 Å². The zero-order valence-corrected chi connectivity index (χ0v) is 30.7. The molecule has 5 heteroatoms. The molecule has 0 aromatic heterocycles. The van der Waals surface area contributed by atoms with Gasteiger partial charge in [-0.25, -0.2) is 7.05 Å². The van der Waals surface area contributed by atoms with Crippen LogP contribution >= 0.6 is 25.7 Å². The number of hydrogen-bond acceptors (Lipinski definition) is 0. The molecule has 0 aliphatic heterocycles. The number of halogens is 2. The summed E-state index contributed by atoms with van der Waals surface area (Å²) in [5, 5.41) is 12.3. The Morgan fingerprint density at radius 2 is 1.10 bits per heavy atom. The van der Waals surface area contributed by atoms with Gasteiger partial charge in [-0.15, -0.1) is 0 Å². The third-order valence-corrected chi connectivity index (χ3v) is 13.1. The summed E-state index contributed by atoms with van der Waals surface area (Å²) in [6.07, 6.45) is 5.95. The van der Waals surface area contributed by atoms with Crippen molar-refractivity contribution in [3.05, 3.63) is 71.2 Å². The van der Waals surface area contributed by atoms with E-state index in [0.717, 1.165) is 5.92 Å². The maximum atomic E-state index is 12.3. The molecule has 39 heavy (non-hydrogen) atoms. The monoisotopic (exact) mass is 625 g/mol. The molecule has 2 aromatic carbocycles. The van der Waals surface area contributed by atoms with Crippen molar-refractivity contribution in [1.29, 1.82) is 0 Å². The molecule has 2 aromatic rings. The predicted molar refractivity (Wildman–Crippen MR) is 177 cm³/mol. The summed E-state index contributed by atoms with van der Waals surface area (Å²) in [5.74, 6) is 1.05. The first-order valence-corrected chi connectivity index (χ1v) is 20.6. The van der Waals surface area contributed by atoms with Crippen LogP contribution in [0.2, 0.25) is 0 Å². The summed E-state index contributed by atoms with van der Waals surface area (Å²) < 4.78 is 0. The van der Waals surface area contributed by atoms with E-state index < -0.39 is 24.1 Å². The van der Waals surface area contributed by atoms with Gasteiger partial charge in [0, 0.05) is 5.66 Å². The molecule has 2 aliphatic carbocycles. The summed E-state index contributed by atoms with van der Waals surface area (Å²) in [5.41, 5.74) is 8.86. The van der Waals surface area contributed by atoms with Crippen molar-refractivity contribution in [3.8, 4) is 11.1 Å². The number of nitrogens with zero attached hydrogens (tertiary/aromatic N) is 1.